The van der Waals surface area contributed by atoms with Crippen LogP contribution < -0.4 is 0 Å². The third-order valence-corrected chi connectivity index (χ3v) is 3.99. The number of carbonyl (C=O) groups is 1. The van der Waals surface area contributed by atoms with Gasteiger partial charge in [0.1, 0.15) is 5.75 Å². The van der Waals surface area contributed by atoms with E-state index in [1.54, 1.807) is 19.2 Å². The molecule has 5 nitrogen and oxygen atoms in total. The number of ether oxygens (including phenoxy) is 1. The maximum Gasteiger partial charge on any atom is 0.257 e. The van der Waals surface area contributed by atoms with Gasteiger partial charge in [0, 0.05) is 44.1 Å². The van der Waals surface area contributed by atoms with Crippen molar-refractivity contribution in [2.45, 2.75) is 18.4 Å². The summed E-state index contributed by atoms with van der Waals surface area (Å²) in [5.41, 5.74) is -0.681. The number of carbonyl (C=O) groups excluding carboxylic acids is 1. The lowest BCUT2D eigenvalue weighted by molar-refractivity contribution is -0.0734. The Balaban J connectivity index is 2.08. The van der Waals surface area contributed by atoms with Gasteiger partial charge in [-0.3, -0.25) is 4.79 Å². The number of rotatable bonds is 3. The highest BCUT2D eigenvalue weighted by Gasteiger charge is 2.32. The van der Waals surface area contributed by atoms with E-state index in [0.29, 0.717) is 30.5 Å². The molecule has 110 valence electrons. The summed E-state index contributed by atoms with van der Waals surface area (Å²) in [4.78, 5) is 13.7. The van der Waals surface area contributed by atoms with Gasteiger partial charge in [-0.25, -0.2) is 0 Å². The van der Waals surface area contributed by atoms with E-state index in [-0.39, 0.29) is 23.8 Å². The lowest BCUT2D eigenvalue weighted by Crippen LogP contribution is -2.47. The van der Waals surface area contributed by atoms with Crippen LogP contribution in [0, 0.1) is 0 Å². The molecule has 1 fully saturated rings. The van der Waals surface area contributed by atoms with Gasteiger partial charge in [0.15, 0.2) is 0 Å². The minimum Gasteiger partial charge on any atom is -0.507 e. The van der Waals surface area contributed by atoms with E-state index in [4.69, 9.17) is 4.74 Å². The fraction of sp³-hybridized carbons (Fsp3) is 0.500. The highest BCUT2D eigenvalue weighted by atomic mass is 79.9. The van der Waals surface area contributed by atoms with Crippen molar-refractivity contribution in [3.63, 3.8) is 0 Å². The van der Waals surface area contributed by atoms with E-state index >= 15 is 0 Å². The van der Waals surface area contributed by atoms with Crippen LogP contribution in [-0.4, -0.2) is 53.4 Å². The van der Waals surface area contributed by atoms with E-state index in [2.05, 4.69) is 15.9 Å². The van der Waals surface area contributed by atoms with Crippen molar-refractivity contribution in [3.05, 3.63) is 28.2 Å². The summed E-state index contributed by atoms with van der Waals surface area (Å²) in [6, 6.07) is 4.74. The van der Waals surface area contributed by atoms with Gasteiger partial charge in [-0.1, -0.05) is 15.9 Å². The molecule has 0 spiro atoms. The number of aliphatic hydroxyl groups is 1. The zero-order valence-electron chi connectivity index (χ0n) is 11.3. The van der Waals surface area contributed by atoms with Crippen molar-refractivity contribution in [3.8, 4) is 5.75 Å². The summed E-state index contributed by atoms with van der Waals surface area (Å²) >= 11 is 3.23. The number of nitrogens with zero attached hydrogens (tertiary/aromatic N) is 1. The monoisotopic (exact) mass is 343 g/mol. The Morgan fingerprint density at radius 3 is 2.70 bits per heavy atom. The van der Waals surface area contributed by atoms with Gasteiger partial charge in [0.2, 0.25) is 0 Å². The molecule has 0 radical (unpaired) electrons. The fourth-order valence-corrected chi connectivity index (χ4v) is 2.66. The second-order valence-electron chi connectivity index (χ2n) is 5.16. The minimum atomic E-state index is -0.909. The molecular formula is C14H18BrNO4. The molecule has 1 heterocycles. The molecule has 0 bridgehead atoms. The van der Waals surface area contributed by atoms with Crippen molar-refractivity contribution < 1.29 is 19.7 Å². The Morgan fingerprint density at radius 2 is 2.10 bits per heavy atom. The lowest BCUT2D eigenvalue weighted by Gasteiger charge is -2.35. The van der Waals surface area contributed by atoms with Crippen LogP contribution in [0.5, 0.6) is 5.75 Å². The Bertz CT molecular complexity index is 500. The number of phenolic OH excluding ortho intramolecular Hbond substituents is 1. The Labute approximate surface area is 126 Å². The summed E-state index contributed by atoms with van der Waals surface area (Å²) < 4.78 is 5.92. The SMILES string of the molecule is CN(CC1(O)CCOCC1)C(=O)c1ccc(Br)cc1O. The molecule has 0 atom stereocenters. The van der Waals surface area contributed by atoms with E-state index < -0.39 is 5.60 Å². The van der Waals surface area contributed by atoms with Crippen LogP contribution in [0.3, 0.4) is 0 Å². The third kappa shape index (κ3) is 3.50. The molecule has 1 aromatic carbocycles. The summed E-state index contributed by atoms with van der Waals surface area (Å²) in [5, 5.41) is 20.2. The van der Waals surface area contributed by atoms with Crippen LogP contribution in [0.2, 0.25) is 0 Å². The molecule has 2 N–H and O–H groups in total. The number of halogens is 1. The average molecular weight is 344 g/mol. The molecule has 1 saturated heterocycles. The summed E-state index contributed by atoms with van der Waals surface area (Å²) in [6.07, 6.45) is 1.02. The second-order valence-corrected chi connectivity index (χ2v) is 6.08. The maximum absolute atomic E-state index is 12.3. The van der Waals surface area contributed by atoms with Gasteiger partial charge < -0.3 is 19.8 Å². The number of hydrogen-bond acceptors (Lipinski definition) is 4. The quantitative estimate of drug-likeness (QED) is 0.877. The highest BCUT2D eigenvalue weighted by molar-refractivity contribution is 9.10. The Morgan fingerprint density at radius 1 is 1.45 bits per heavy atom. The van der Waals surface area contributed by atoms with Crippen molar-refractivity contribution in [2.24, 2.45) is 0 Å². The first kappa shape index (κ1) is 15.3. The first-order chi connectivity index (χ1) is 9.41. The Kier molecular flexibility index (Phi) is 4.67. The number of amides is 1. The van der Waals surface area contributed by atoms with Crippen LogP contribution in [0.4, 0.5) is 0 Å². The van der Waals surface area contributed by atoms with Gasteiger partial charge in [0.25, 0.3) is 5.91 Å². The molecule has 0 aromatic heterocycles. The molecule has 1 amide bonds. The van der Waals surface area contributed by atoms with Crippen LogP contribution in [0.1, 0.15) is 23.2 Å². The van der Waals surface area contributed by atoms with Crippen molar-refractivity contribution in [2.75, 3.05) is 26.8 Å². The zero-order valence-corrected chi connectivity index (χ0v) is 12.9. The molecule has 0 unspecified atom stereocenters. The highest BCUT2D eigenvalue weighted by Crippen LogP contribution is 2.25. The molecule has 6 heteroatoms. The van der Waals surface area contributed by atoms with Gasteiger partial charge in [-0.05, 0) is 18.2 Å². The van der Waals surface area contributed by atoms with Gasteiger partial charge >= 0.3 is 0 Å². The topological polar surface area (TPSA) is 70.0 Å². The largest absolute Gasteiger partial charge is 0.507 e. The van der Waals surface area contributed by atoms with Gasteiger partial charge in [0.05, 0.1) is 11.2 Å². The predicted octanol–water partition coefficient (Wildman–Crippen LogP) is 1.77. The number of aromatic hydroxyl groups is 1. The lowest BCUT2D eigenvalue weighted by atomic mass is 9.93. The maximum atomic E-state index is 12.3. The molecule has 1 aliphatic rings. The standard InChI is InChI=1S/C14H18BrNO4/c1-16(9-14(19)4-6-20-7-5-14)13(18)11-3-2-10(15)8-12(11)17/h2-3,8,17,19H,4-7,9H2,1H3. The first-order valence-electron chi connectivity index (χ1n) is 6.45. The van der Waals surface area contributed by atoms with E-state index in [1.807, 2.05) is 0 Å². The molecule has 1 aromatic rings. The molecular weight excluding hydrogens is 326 g/mol. The second kappa shape index (κ2) is 6.11. The smallest absolute Gasteiger partial charge is 0.257 e. The van der Waals surface area contributed by atoms with Crippen LogP contribution >= 0.6 is 15.9 Å². The molecule has 1 aliphatic heterocycles. The molecule has 20 heavy (non-hydrogen) atoms. The number of phenols is 1. The third-order valence-electron chi connectivity index (χ3n) is 3.49. The van der Waals surface area contributed by atoms with Crippen LogP contribution in [-0.2, 0) is 4.74 Å². The molecule has 0 saturated carbocycles. The Hall–Kier alpha value is -1.11. The van der Waals surface area contributed by atoms with Crippen molar-refractivity contribution >= 4 is 21.8 Å². The molecule has 0 aliphatic carbocycles. The van der Waals surface area contributed by atoms with E-state index in [0.717, 1.165) is 0 Å². The van der Waals surface area contributed by atoms with Gasteiger partial charge in [-0.2, -0.15) is 0 Å². The van der Waals surface area contributed by atoms with Crippen LogP contribution in [0.25, 0.3) is 0 Å². The summed E-state index contributed by atoms with van der Waals surface area (Å²) in [6.45, 7) is 1.23. The number of likely N-dealkylation sites (N-methyl/N-ethyl adjacent to an activating group) is 1. The predicted molar refractivity (Wildman–Crippen MR) is 77.8 cm³/mol. The normalized spacial score (nSPS) is 17.8. The summed E-state index contributed by atoms with van der Waals surface area (Å²) in [7, 11) is 1.62. The molecule has 2 rings (SSSR count). The fourth-order valence-electron chi connectivity index (χ4n) is 2.31. The number of benzene rings is 1. The first-order valence-corrected chi connectivity index (χ1v) is 7.25. The summed E-state index contributed by atoms with van der Waals surface area (Å²) in [5.74, 6) is -0.384. The average Bonchev–Trinajstić information content (AvgIpc) is 2.38. The van der Waals surface area contributed by atoms with Gasteiger partial charge in [-0.15, -0.1) is 0 Å². The van der Waals surface area contributed by atoms with Crippen molar-refractivity contribution in [1.82, 2.24) is 4.90 Å². The number of hydrogen-bond donors (Lipinski definition) is 2. The van der Waals surface area contributed by atoms with E-state index in [9.17, 15) is 15.0 Å². The van der Waals surface area contributed by atoms with E-state index in [1.165, 1.54) is 11.0 Å². The zero-order chi connectivity index (χ0) is 14.8. The van der Waals surface area contributed by atoms with Crippen LogP contribution in [0.15, 0.2) is 22.7 Å². The minimum absolute atomic E-state index is 0.0739. The van der Waals surface area contributed by atoms with Crippen molar-refractivity contribution in [1.29, 1.82) is 0 Å².